The maximum atomic E-state index is 13.5. The van der Waals surface area contributed by atoms with Crippen LogP contribution in [0, 0.1) is 0 Å². The van der Waals surface area contributed by atoms with Gasteiger partial charge in [0.05, 0.1) is 38.6 Å². The first-order chi connectivity index (χ1) is 52.8. The van der Waals surface area contributed by atoms with E-state index in [9.17, 15) is 61.0 Å². The van der Waals surface area contributed by atoms with Gasteiger partial charge in [0.1, 0.15) is 73.2 Å². The van der Waals surface area contributed by atoms with E-state index in [2.05, 4.69) is 116 Å². The van der Waals surface area contributed by atoms with Crippen molar-refractivity contribution in [1.82, 2.24) is 5.32 Å². The Balaban J connectivity index is 1.33. The summed E-state index contributed by atoms with van der Waals surface area (Å²) in [5, 5.41) is 121. The Morgan fingerprint density at radius 3 is 1.04 bits per heavy atom. The molecule has 0 radical (unpaired) electrons. The molecule has 0 aliphatic carbocycles. The van der Waals surface area contributed by atoms with Crippen LogP contribution in [-0.2, 0) is 33.2 Å². The lowest BCUT2D eigenvalue weighted by Crippen LogP contribution is -2.66. The number of aliphatic hydroxyl groups is 11. The Labute approximate surface area is 653 Å². The van der Waals surface area contributed by atoms with Gasteiger partial charge in [-0.2, -0.15) is 0 Å². The van der Waals surface area contributed by atoms with Crippen LogP contribution in [0.4, 0.5) is 0 Å². The Kier molecular flexibility index (Phi) is 62.0. The highest BCUT2D eigenvalue weighted by molar-refractivity contribution is 5.76. The van der Waals surface area contributed by atoms with Gasteiger partial charge in [-0.3, -0.25) is 4.79 Å². The summed E-state index contributed by atoms with van der Waals surface area (Å²) in [5.41, 5.74) is 0. The normalized spacial score (nSPS) is 26.0. The van der Waals surface area contributed by atoms with Crippen molar-refractivity contribution in [3.05, 3.63) is 109 Å². The van der Waals surface area contributed by atoms with Crippen molar-refractivity contribution in [2.75, 3.05) is 26.4 Å². The summed E-state index contributed by atoms with van der Waals surface area (Å²) in [6.07, 6.45) is 68.0. The Hall–Kier alpha value is -3.55. The van der Waals surface area contributed by atoms with Crippen molar-refractivity contribution in [2.24, 2.45) is 0 Å². The second kappa shape index (κ2) is 67.9. The predicted octanol–water partition coefficient (Wildman–Crippen LogP) is 15.7. The molecule has 12 N–H and O–H groups in total. The predicted molar refractivity (Wildman–Crippen MR) is 434 cm³/mol. The first-order valence-electron chi connectivity index (χ1n) is 43.1. The van der Waals surface area contributed by atoms with Crippen LogP contribution in [0.25, 0.3) is 0 Å². The number of rotatable bonds is 68. The van der Waals surface area contributed by atoms with E-state index in [1.807, 2.05) is 6.08 Å². The minimum Gasteiger partial charge on any atom is -0.394 e. The molecule has 3 aliphatic rings. The van der Waals surface area contributed by atoms with E-state index in [1.54, 1.807) is 6.08 Å². The van der Waals surface area contributed by atoms with Gasteiger partial charge in [0, 0.05) is 6.42 Å². The molecular weight excluding hydrogens is 1370 g/mol. The average Bonchev–Trinajstić information content (AvgIpc) is 0.775. The summed E-state index contributed by atoms with van der Waals surface area (Å²) in [5.74, 6) is -0.288. The van der Waals surface area contributed by atoms with Gasteiger partial charge in [-0.1, -0.05) is 322 Å². The zero-order chi connectivity index (χ0) is 78.1. The molecule has 3 aliphatic heterocycles. The third-order valence-electron chi connectivity index (χ3n) is 20.8. The van der Waals surface area contributed by atoms with Gasteiger partial charge in [0.2, 0.25) is 5.91 Å². The van der Waals surface area contributed by atoms with Crippen LogP contribution in [0.15, 0.2) is 109 Å². The number of hydrogen-bond donors (Lipinski definition) is 12. The minimum atomic E-state index is -1.99. The zero-order valence-corrected chi connectivity index (χ0v) is 67.0. The lowest BCUT2D eigenvalue weighted by atomic mass is 9.96. The summed E-state index contributed by atoms with van der Waals surface area (Å²) >= 11 is 0. The fourth-order valence-electron chi connectivity index (χ4n) is 13.9. The Morgan fingerprint density at radius 1 is 0.343 bits per heavy atom. The van der Waals surface area contributed by atoms with Crippen LogP contribution >= 0.6 is 0 Å². The van der Waals surface area contributed by atoms with E-state index < -0.39 is 124 Å². The monoisotopic (exact) mass is 1530 g/mol. The molecule has 0 bridgehead atoms. The van der Waals surface area contributed by atoms with Crippen molar-refractivity contribution in [2.45, 2.75) is 420 Å². The quantitative estimate of drug-likeness (QED) is 0.0199. The molecule has 0 spiro atoms. The molecular formula is C89H155NO18. The van der Waals surface area contributed by atoms with E-state index in [0.29, 0.717) is 12.8 Å². The molecule has 19 heteroatoms. The molecule has 0 aromatic heterocycles. The molecule has 19 nitrogen and oxygen atoms in total. The van der Waals surface area contributed by atoms with Crippen LogP contribution < -0.4 is 5.32 Å². The zero-order valence-electron chi connectivity index (χ0n) is 67.0. The maximum Gasteiger partial charge on any atom is 0.220 e. The maximum absolute atomic E-state index is 13.5. The van der Waals surface area contributed by atoms with E-state index in [-0.39, 0.29) is 18.9 Å². The van der Waals surface area contributed by atoms with Crippen molar-refractivity contribution >= 4 is 5.91 Å². The largest absolute Gasteiger partial charge is 0.394 e. The number of ether oxygens (including phenoxy) is 6. The lowest BCUT2D eigenvalue weighted by molar-refractivity contribution is -0.379. The van der Waals surface area contributed by atoms with E-state index in [1.165, 1.54) is 199 Å². The molecule has 0 saturated carbocycles. The summed E-state index contributed by atoms with van der Waals surface area (Å²) in [6, 6.07) is -1.00. The second-order valence-corrected chi connectivity index (χ2v) is 30.2. The Morgan fingerprint density at radius 2 is 0.648 bits per heavy atom. The van der Waals surface area contributed by atoms with Gasteiger partial charge in [-0.25, -0.2) is 0 Å². The highest BCUT2D eigenvalue weighted by Gasteiger charge is 2.54. The smallest absolute Gasteiger partial charge is 0.220 e. The van der Waals surface area contributed by atoms with Gasteiger partial charge >= 0.3 is 0 Å². The first kappa shape index (κ1) is 98.6. The molecule has 3 fully saturated rings. The van der Waals surface area contributed by atoms with Crippen molar-refractivity contribution in [1.29, 1.82) is 0 Å². The fraction of sp³-hybridized carbons (Fsp3) is 0.787. The number of nitrogens with one attached hydrogen (secondary N) is 1. The highest BCUT2D eigenvalue weighted by atomic mass is 16.8. The van der Waals surface area contributed by atoms with E-state index >= 15 is 0 Å². The highest BCUT2D eigenvalue weighted by Crippen LogP contribution is 2.33. The third kappa shape index (κ3) is 46.6. The van der Waals surface area contributed by atoms with E-state index in [0.717, 1.165) is 83.5 Å². The molecule has 17 unspecified atom stereocenters. The number of unbranched alkanes of at least 4 members (excludes halogenated alkanes) is 36. The lowest BCUT2D eigenvalue weighted by Gasteiger charge is -2.48. The molecule has 108 heavy (non-hydrogen) atoms. The minimum absolute atomic E-state index is 0.230. The number of hydrogen-bond acceptors (Lipinski definition) is 18. The molecule has 3 heterocycles. The molecule has 1 amide bonds. The van der Waals surface area contributed by atoms with Crippen molar-refractivity contribution in [3.63, 3.8) is 0 Å². The van der Waals surface area contributed by atoms with Gasteiger partial charge in [0.15, 0.2) is 18.9 Å². The van der Waals surface area contributed by atoms with Crippen LogP contribution in [0.3, 0.4) is 0 Å². The van der Waals surface area contributed by atoms with Gasteiger partial charge in [0.25, 0.3) is 0 Å². The summed E-state index contributed by atoms with van der Waals surface area (Å²) in [7, 11) is 0. The molecule has 624 valence electrons. The van der Waals surface area contributed by atoms with Gasteiger partial charge in [-0.05, 0) is 96.3 Å². The third-order valence-corrected chi connectivity index (χ3v) is 20.8. The topological polar surface area (TPSA) is 307 Å². The molecule has 3 saturated heterocycles. The van der Waals surface area contributed by atoms with Crippen molar-refractivity contribution < 1.29 is 89.4 Å². The Bertz CT molecular complexity index is 2380. The number of amides is 1. The molecule has 0 aromatic carbocycles. The van der Waals surface area contributed by atoms with Crippen molar-refractivity contribution in [3.8, 4) is 0 Å². The molecule has 0 aromatic rings. The van der Waals surface area contributed by atoms with Gasteiger partial charge < -0.3 is 89.9 Å². The fourth-order valence-corrected chi connectivity index (χ4v) is 13.9. The van der Waals surface area contributed by atoms with Crippen LogP contribution in [0.5, 0.6) is 0 Å². The number of carbonyl (C=O) groups is 1. The van der Waals surface area contributed by atoms with Crippen LogP contribution in [-0.4, -0.2) is 193 Å². The summed E-state index contributed by atoms with van der Waals surface area (Å²) in [4.78, 5) is 13.5. The van der Waals surface area contributed by atoms with E-state index in [4.69, 9.17) is 28.4 Å². The SMILES string of the molecule is CC/C=C\C/C=C\C/C=C\C/C=C\C/C=C\C/C=C\CCCCCCCCCCCCCCCCCCCCCCC(=O)NC(COC1OC(CO)C(OC2OC(CO)C(OC3OC(CO)C(O)C(O)C3O)C(O)C2O)C(O)C1O)C(O)/C=C/CC/C=C/CC/C=C/CCCCCCCCCCCCCCCC. The first-order valence-corrected chi connectivity index (χ1v) is 43.1. The molecule has 17 atom stereocenters. The number of carbonyl (C=O) groups excluding carboxylic acids is 1. The second-order valence-electron chi connectivity index (χ2n) is 30.2. The summed E-state index contributed by atoms with van der Waals surface area (Å²) in [6.45, 7) is 1.62. The standard InChI is InChI=1S/C89H155NO18/c1-3-5-7-9-11-13-15-17-19-21-23-25-27-29-30-31-32-33-34-35-36-37-38-39-40-41-42-43-45-47-49-51-53-55-57-59-61-63-65-67-77(95)90-72(73(94)66-64-62-60-58-56-54-52-50-48-46-44-28-26-24-22-20-18-16-14-12-10-8-6-4-2)71-103-87-83(101)80(98)85(75(69-92)105-87)108-89-84(102)81(99)86(76(70-93)106-89)107-88-82(100)79(97)78(96)74(68-91)104-88/h5,7,11,13,17,19,23,25,29-30,32-33,48,50,56,58,64,66,72-76,78-89,91-94,96-102H,3-4,6,8-10,12,14-16,18,20-22,24,26-28,31,34-47,49,51-55,57,59-63,65,67-71H2,1-2H3,(H,90,95)/b7-5-,13-11-,19-17-,25-23-,30-29-,33-32-,50-48+,58-56+,66-64+. The summed E-state index contributed by atoms with van der Waals surface area (Å²) < 4.78 is 34.5. The van der Waals surface area contributed by atoms with Crippen LogP contribution in [0.1, 0.15) is 316 Å². The molecule has 3 rings (SSSR count). The number of aliphatic hydroxyl groups excluding tert-OH is 11. The number of allylic oxidation sites excluding steroid dienone is 17. The van der Waals surface area contributed by atoms with Crippen LogP contribution in [0.2, 0.25) is 0 Å². The van der Waals surface area contributed by atoms with Gasteiger partial charge in [-0.15, -0.1) is 0 Å². The average molecular weight is 1530 g/mol.